The fourth-order valence-electron chi connectivity index (χ4n) is 1.83. The summed E-state index contributed by atoms with van der Waals surface area (Å²) in [6, 6.07) is 12.0. The molecule has 0 radical (unpaired) electrons. The van der Waals surface area contributed by atoms with Crippen molar-refractivity contribution in [2.45, 2.75) is 20.3 Å². The van der Waals surface area contributed by atoms with Crippen LogP contribution in [0, 0.1) is 18.3 Å². The van der Waals surface area contributed by atoms with E-state index in [1.807, 2.05) is 41.9 Å². The van der Waals surface area contributed by atoms with Crippen molar-refractivity contribution >= 4 is 0 Å². The van der Waals surface area contributed by atoms with Gasteiger partial charge < -0.3 is 0 Å². The van der Waals surface area contributed by atoms with Gasteiger partial charge in [-0.2, -0.15) is 10.4 Å². The molecule has 0 unspecified atom stereocenters. The van der Waals surface area contributed by atoms with E-state index in [1.54, 1.807) is 0 Å². The Morgan fingerprint density at radius 2 is 2.00 bits per heavy atom. The van der Waals surface area contributed by atoms with Crippen LogP contribution in [0.1, 0.15) is 23.9 Å². The topological polar surface area (TPSA) is 41.6 Å². The Balaban J connectivity index is 2.62. The Labute approximate surface area is 94.9 Å². The van der Waals surface area contributed by atoms with E-state index in [0.717, 1.165) is 23.4 Å². The minimum Gasteiger partial charge on any atom is -0.236 e. The molecular formula is C13H13N3. The first-order chi connectivity index (χ1) is 7.77. The van der Waals surface area contributed by atoms with Gasteiger partial charge in [-0.1, -0.05) is 25.1 Å². The third-order valence-electron chi connectivity index (χ3n) is 2.69. The maximum absolute atomic E-state index is 8.97. The van der Waals surface area contributed by atoms with Gasteiger partial charge in [0.25, 0.3) is 0 Å². The highest BCUT2D eigenvalue weighted by molar-refractivity contribution is 5.40. The van der Waals surface area contributed by atoms with Crippen LogP contribution < -0.4 is 0 Å². The van der Waals surface area contributed by atoms with Gasteiger partial charge in [0, 0.05) is 11.3 Å². The average molecular weight is 211 g/mol. The van der Waals surface area contributed by atoms with E-state index in [2.05, 4.69) is 18.1 Å². The van der Waals surface area contributed by atoms with Crippen molar-refractivity contribution in [2.75, 3.05) is 0 Å². The number of benzene rings is 1. The van der Waals surface area contributed by atoms with Crippen LogP contribution in [0.3, 0.4) is 0 Å². The van der Waals surface area contributed by atoms with Crippen LogP contribution in [0.25, 0.3) is 5.69 Å². The van der Waals surface area contributed by atoms with Crippen molar-refractivity contribution in [3.05, 3.63) is 47.3 Å². The molecule has 2 aromatic rings. The van der Waals surface area contributed by atoms with Crippen LogP contribution in [0.4, 0.5) is 0 Å². The monoisotopic (exact) mass is 211 g/mol. The van der Waals surface area contributed by atoms with E-state index in [0.29, 0.717) is 5.69 Å². The highest BCUT2D eigenvalue weighted by atomic mass is 15.3. The second-order valence-corrected chi connectivity index (χ2v) is 3.63. The lowest BCUT2D eigenvalue weighted by Crippen LogP contribution is -2.01. The lowest BCUT2D eigenvalue weighted by Gasteiger charge is -2.05. The first kappa shape index (κ1) is 10.4. The van der Waals surface area contributed by atoms with Crippen molar-refractivity contribution in [3.8, 4) is 11.8 Å². The molecule has 0 spiro atoms. The van der Waals surface area contributed by atoms with Crippen molar-refractivity contribution in [3.63, 3.8) is 0 Å². The highest BCUT2D eigenvalue weighted by Crippen LogP contribution is 2.17. The van der Waals surface area contributed by atoms with Crippen molar-refractivity contribution in [1.82, 2.24) is 9.78 Å². The summed E-state index contributed by atoms with van der Waals surface area (Å²) in [5.41, 5.74) is 3.60. The molecule has 0 saturated carbocycles. The SMILES string of the molecule is CCc1c(C)c(C#N)nn1-c1ccccc1. The first-order valence-corrected chi connectivity index (χ1v) is 5.32. The van der Waals surface area contributed by atoms with Crippen molar-refractivity contribution < 1.29 is 0 Å². The molecule has 0 saturated heterocycles. The summed E-state index contributed by atoms with van der Waals surface area (Å²) in [4.78, 5) is 0. The molecule has 0 amide bonds. The number of rotatable bonds is 2. The fourth-order valence-corrected chi connectivity index (χ4v) is 1.83. The minimum atomic E-state index is 0.515. The number of nitriles is 1. The molecule has 80 valence electrons. The van der Waals surface area contributed by atoms with Gasteiger partial charge in [-0.25, -0.2) is 4.68 Å². The van der Waals surface area contributed by atoms with Crippen LogP contribution in [0.15, 0.2) is 30.3 Å². The lowest BCUT2D eigenvalue weighted by molar-refractivity contribution is 0.808. The number of para-hydroxylation sites is 1. The first-order valence-electron chi connectivity index (χ1n) is 5.32. The second-order valence-electron chi connectivity index (χ2n) is 3.63. The lowest BCUT2D eigenvalue weighted by atomic mass is 10.2. The third-order valence-corrected chi connectivity index (χ3v) is 2.69. The molecule has 3 nitrogen and oxygen atoms in total. The zero-order chi connectivity index (χ0) is 11.5. The van der Waals surface area contributed by atoms with E-state index in [9.17, 15) is 0 Å². The Morgan fingerprint density at radius 1 is 1.31 bits per heavy atom. The minimum absolute atomic E-state index is 0.515. The smallest absolute Gasteiger partial charge is 0.166 e. The maximum atomic E-state index is 8.97. The number of aromatic nitrogens is 2. The van der Waals surface area contributed by atoms with Gasteiger partial charge in [0.05, 0.1) is 5.69 Å². The summed E-state index contributed by atoms with van der Waals surface area (Å²) >= 11 is 0. The summed E-state index contributed by atoms with van der Waals surface area (Å²) in [6.07, 6.45) is 0.870. The molecule has 16 heavy (non-hydrogen) atoms. The quantitative estimate of drug-likeness (QED) is 0.766. The van der Waals surface area contributed by atoms with Crippen LogP contribution in [-0.4, -0.2) is 9.78 Å². The van der Waals surface area contributed by atoms with Crippen LogP contribution in [0.2, 0.25) is 0 Å². The predicted molar refractivity (Wildman–Crippen MR) is 62.4 cm³/mol. The molecule has 0 bridgehead atoms. The molecule has 1 aromatic carbocycles. The zero-order valence-electron chi connectivity index (χ0n) is 9.44. The normalized spacial score (nSPS) is 10.1. The molecule has 0 aliphatic rings. The Hall–Kier alpha value is -2.08. The molecule has 1 aromatic heterocycles. The molecule has 0 N–H and O–H groups in total. The molecule has 0 atom stereocenters. The van der Waals surface area contributed by atoms with E-state index < -0.39 is 0 Å². The van der Waals surface area contributed by atoms with Crippen LogP contribution >= 0.6 is 0 Å². The summed E-state index contributed by atoms with van der Waals surface area (Å²) in [5, 5.41) is 13.3. The summed E-state index contributed by atoms with van der Waals surface area (Å²) < 4.78 is 1.86. The van der Waals surface area contributed by atoms with E-state index in [-0.39, 0.29) is 0 Å². The van der Waals surface area contributed by atoms with Gasteiger partial charge in [0.15, 0.2) is 5.69 Å². The molecule has 0 aliphatic heterocycles. The van der Waals surface area contributed by atoms with Gasteiger partial charge in [-0.15, -0.1) is 0 Å². The standard InChI is InChI=1S/C13H13N3/c1-3-13-10(2)12(9-14)15-16(13)11-7-5-4-6-8-11/h4-8H,3H2,1-2H3. The van der Waals surface area contributed by atoms with E-state index >= 15 is 0 Å². The fraction of sp³-hybridized carbons (Fsp3) is 0.231. The molecule has 0 fully saturated rings. The number of nitrogens with zero attached hydrogens (tertiary/aromatic N) is 3. The van der Waals surface area contributed by atoms with Crippen molar-refractivity contribution in [1.29, 1.82) is 5.26 Å². The van der Waals surface area contributed by atoms with Gasteiger partial charge in [0.1, 0.15) is 6.07 Å². The molecule has 3 heteroatoms. The van der Waals surface area contributed by atoms with Crippen LogP contribution in [0.5, 0.6) is 0 Å². The third kappa shape index (κ3) is 1.59. The van der Waals surface area contributed by atoms with Gasteiger partial charge >= 0.3 is 0 Å². The summed E-state index contributed by atoms with van der Waals surface area (Å²) in [5.74, 6) is 0. The van der Waals surface area contributed by atoms with Gasteiger partial charge in [0.2, 0.25) is 0 Å². The second kappa shape index (κ2) is 4.19. The average Bonchev–Trinajstić information content (AvgIpc) is 2.66. The number of hydrogen-bond acceptors (Lipinski definition) is 2. The van der Waals surface area contributed by atoms with E-state index in [4.69, 9.17) is 5.26 Å². The Bertz CT molecular complexity index is 532. The van der Waals surface area contributed by atoms with Gasteiger partial charge in [-0.3, -0.25) is 0 Å². The van der Waals surface area contributed by atoms with Crippen molar-refractivity contribution in [2.24, 2.45) is 0 Å². The largest absolute Gasteiger partial charge is 0.236 e. The Morgan fingerprint density at radius 3 is 2.56 bits per heavy atom. The molecular weight excluding hydrogens is 198 g/mol. The summed E-state index contributed by atoms with van der Waals surface area (Å²) in [7, 11) is 0. The Kier molecular flexibility index (Phi) is 2.74. The number of hydrogen-bond donors (Lipinski definition) is 0. The van der Waals surface area contributed by atoms with Crippen LogP contribution in [-0.2, 0) is 6.42 Å². The molecule has 1 heterocycles. The zero-order valence-corrected chi connectivity index (χ0v) is 9.44. The molecule has 2 rings (SSSR count). The van der Waals surface area contributed by atoms with Gasteiger partial charge in [-0.05, 0) is 25.5 Å². The highest BCUT2D eigenvalue weighted by Gasteiger charge is 2.13. The maximum Gasteiger partial charge on any atom is 0.166 e. The molecule has 0 aliphatic carbocycles. The van der Waals surface area contributed by atoms with E-state index in [1.165, 1.54) is 0 Å². The predicted octanol–water partition coefficient (Wildman–Crippen LogP) is 2.61. The summed E-state index contributed by atoms with van der Waals surface area (Å²) in [6.45, 7) is 4.02.